The lowest BCUT2D eigenvalue weighted by atomic mass is 9.98. The maximum absolute atomic E-state index is 4.72. The second-order valence-electron chi connectivity index (χ2n) is 7.07. The first-order valence-corrected chi connectivity index (χ1v) is 9.02. The third kappa shape index (κ3) is 3.15. The Morgan fingerprint density at radius 3 is 2.71 bits per heavy atom. The van der Waals surface area contributed by atoms with Crippen molar-refractivity contribution in [2.45, 2.75) is 57.7 Å². The van der Waals surface area contributed by atoms with Crippen molar-refractivity contribution in [1.29, 1.82) is 0 Å². The number of aryl methyl sites for hydroxylation is 2. The van der Waals surface area contributed by atoms with Crippen LogP contribution in [0.15, 0.2) is 18.3 Å². The molecule has 0 amide bonds. The zero-order valence-electron chi connectivity index (χ0n) is 14.6. The number of nitrogens with zero attached hydrogens (tertiary/aromatic N) is 5. The Balaban J connectivity index is 1.48. The van der Waals surface area contributed by atoms with Crippen molar-refractivity contribution >= 4 is 5.82 Å². The molecule has 0 aromatic carbocycles. The van der Waals surface area contributed by atoms with Gasteiger partial charge in [-0.15, -0.1) is 0 Å². The number of hydrogen-bond donors (Lipinski definition) is 1. The van der Waals surface area contributed by atoms with Gasteiger partial charge in [-0.2, -0.15) is 5.10 Å². The second kappa shape index (κ2) is 6.51. The van der Waals surface area contributed by atoms with Gasteiger partial charge in [-0.25, -0.2) is 9.97 Å². The molecule has 1 atom stereocenters. The molecule has 2 aromatic rings. The molecule has 2 fully saturated rings. The van der Waals surface area contributed by atoms with E-state index in [4.69, 9.17) is 4.98 Å². The van der Waals surface area contributed by atoms with Gasteiger partial charge in [-0.1, -0.05) is 12.8 Å². The highest BCUT2D eigenvalue weighted by atomic mass is 15.3. The number of likely N-dealkylation sites (tertiary alicyclic amines) is 1. The molecule has 1 unspecified atom stereocenters. The lowest BCUT2D eigenvalue weighted by Crippen LogP contribution is -2.41. The summed E-state index contributed by atoms with van der Waals surface area (Å²) >= 11 is 0. The first-order chi connectivity index (χ1) is 11.7. The summed E-state index contributed by atoms with van der Waals surface area (Å²) in [6.45, 7) is 4.04. The van der Waals surface area contributed by atoms with Gasteiger partial charge in [0.1, 0.15) is 11.6 Å². The molecule has 0 spiro atoms. The zero-order chi connectivity index (χ0) is 16.5. The number of aromatic nitrogens is 4. The van der Waals surface area contributed by atoms with Crippen LogP contribution in [0.2, 0.25) is 0 Å². The summed E-state index contributed by atoms with van der Waals surface area (Å²) in [5, 5.41) is 7.88. The molecular formula is C18H26N6. The SMILES string of the molecule is Cc1nc(NC2CCCC2)cc(C2CCN2Cc2ccnn2C)n1. The summed E-state index contributed by atoms with van der Waals surface area (Å²) in [5.41, 5.74) is 2.39. The fourth-order valence-corrected chi connectivity index (χ4v) is 3.84. The van der Waals surface area contributed by atoms with Gasteiger partial charge in [0.25, 0.3) is 0 Å². The molecule has 6 heteroatoms. The van der Waals surface area contributed by atoms with Crippen molar-refractivity contribution in [2.75, 3.05) is 11.9 Å². The molecule has 2 aromatic heterocycles. The lowest BCUT2D eigenvalue weighted by Gasteiger charge is -2.40. The Kier molecular flexibility index (Phi) is 4.22. The first-order valence-electron chi connectivity index (χ1n) is 9.02. The van der Waals surface area contributed by atoms with Gasteiger partial charge in [-0.05, 0) is 32.3 Å². The fourth-order valence-electron chi connectivity index (χ4n) is 3.84. The number of nitrogens with one attached hydrogen (secondary N) is 1. The van der Waals surface area contributed by atoms with Crippen LogP contribution in [-0.4, -0.2) is 37.2 Å². The molecule has 128 valence electrons. The molecule has 0 radical (unpaired) electrons. The van der Waals surface area contributed by atoms with Gasteiger partial charge in [0, 0.05) is 38.4 Å². The van der Waals surface area contributed by atoms with Crippen LogP contribution in [0.5, 0.6) is 0 Å². The Hall–Kier alpha value is -1.95. The van der Waals surface area contributed by atoms with E-state index in [1.54, 1.807) is 0 Å². The van der Waals surface area contributed by atoms with Crippen molar-refractivity contribution < 1.29 is 0 Å². The van der Waals surface area contributed by atoms with Crippen LogP contribution in [0.3, 0.4) is 0 Å². The van der Waals surface area contributed by atoms with E-state index in [1.165, 1.54) is 31.4 Å². The molecule has 0 bridgehead atoms. The molecule has 1 aliphatic heterocycles. The largest absolute Gasteiger partial charge is 0.367 e. The average Bonchev–Trinajstić information content (AvgIpc) is 3.15. The summed E-state index contributed by atoms with van der Waals surface area (Å²) < 4.78 is 1.95. The van der Waals surface area contributed by atoms with Crippen LogP contribution in [0, 0.1) is 6.92 Å². The molecule has 1 aliphatic carbocycles. The normalized spacial score (nSPS) is 21.8. The number of hydrogen-bond acceptors (Lipinski definition) is 5. The quantitative estimate of drug-likeness (QED) is 0.915. The van der Waals surface area contributed by atoms with Crippen LogP contribution in [0.25, 0.3) is 0 Å². The Labute approximate surface area is 143 Å². The van der Waals surface area contributed by atoms with Crippen molar-refractivity contribution in [3.8, 4) is 0 Å². The van der Waals surface area contributed by atoms with Crippen molar-refractivity contribution in [3.63, 3.8) is 0 Å². The van der Waals surface area contributed by atoms with E-state index in [1.807, 2.05) is 24.9 Å². The van der Waals surface area contributed by atoms with Crippen molar-refractivity contribution in [3.05, 3.63) is 35.5 Å². The summed E-state index contributed by atoms with van der Waals surface area (Å²) in [5.74, 6) is 1.86. The Morgan fingerprint density at radius 1 is 1.21 bits per heavy atom. The molecular weight excluding hydrogens is 300 g/mol. The van der Waals surface area contributed by atoms with Crippen LogP contribution in [-0.2, 0) is 13.6 Å². The molecule has 3 heterocycles. The summed E-state index contributed by atoms with van der Waals surface area (Å²) in [7, 11) is 2.00. The Morgan fingerprint density at radius 2 is 2.04 bits per heavy atom. The minimum Gasteiger partial charge on any atom is -0.367 e. The third-order valence-corrected chi connectivity index (χ3v) is 5.32. The van der Waals surface area contributed by atoms with Crippen molar-refractivity contribution in [1.82, 2.24) is 24.6 Å². The van der Waals surface area contributed by atoms with E-state index in [9.17, 15) is 0 Å². The van der Waals surface area contributed by atoms with Crippen LogP contribution in [0.1, 0.15) is 55.4 Å². The van der Waals surface area contributed by atoms with Gasteiger partial charge < -0.3 is 5.32 Å². The number of anilines is 1. The molecule has 24 heavy (non-hydrogen) atoms. The van der Waals surface area contributed by atoms with E-state index in [2.05, 4.69) is 32.4 Å². The standard InChI is InChI=1S/C18H26N6/c1-13-20-16(11-18(21-13)22-14-5-3-4-6-14)17-8-10-24(17)12-15-7-9-19-23(15)2/h7,9,11,14,17H,3-6,8,10,12H2,1-2H3,(H,20,21,22). The van der Waals surface area contributed by atoms with Gasteiger partial charge in [-0.3, -0.25) is 9.58 Å². The van der Waals surface area contributed by atoms with Crippen LogP contribution >= 0.6 is 0 Å². The maximum Gasteiger partial charge on any atom is 0.130 e. The van der Waals surface area contributed by atoms with E-state index < -0.39 is 0 Å². The first kappa shape index (κ1) is 15.6. The smallest absolute Gasteiger partial charge is 0.130 e. The van der Waals surface area contributed by atoms with Crippen LogP contribution in [0.4, 0.5) is 5.82 Å². The Bertz CT molecular complexity index is 703. The molecule has 4 rings (SSSR count). The topological polar surface area (TPSA) is 58.9 Å². The number of rotatable bonds is 5. The van der Waals surface area contributed by atoms with Gasteiger partial charge in [0.2, 0.25) is 0 Å². The van der Waals surface area contributed by atoms with Gasteiger partial charge in [0.15, 0.2) is 0 Å². The highest BCUT2D eigenvalue weighted by Crippen LogP contribution is 2.34. The maximum atomic E-state index is 4.72. The minimum absolute atomic E-state index is 0.394. The minimum atomic E-state index is 0.394. The molecule has 6 nitrogen and oxygen atoms in total. The third-order valence-electron chi connectivity index (χ3n) is 5.32. The molecule has 1 N–H and O–H groups in total. The molecule has 1 saturated carbocycles. The van der Waals surface area contributed by atoms with Crippen molar-refractivity contribution in [2.24, 2.45) is 7.05 Å². The van der Waals surface area contributed by atoms with E-state index in [-0.39, 0.29) is 0 Å². The predicted octanol–water partition coefficient (Wildman–Crippen LogP) is 2.82. The molecule has 2 aliphatic rings. The summed E-state index contributed by atoms with van der Waals surface area (Å²) in [6.07, 6.45) is 8.20. The van der Waals surface area contributed by atoms with Gasteiger partial charge >= 0.3 is 0 Å². The summed E-state index contributed by atoms with van der Waals surface area (Å²) in [4.78, 5) is 11.8. The highest BCUT2D eigenvalue weighted by molar-refractivity contribution is 5.38. The van der Waals surface area contributed by atoms with E-state index in [0.29, 0.717) is 12.1 Å². The van der Waals surface area contributed by atoms with E-state index in [0.717, 1.165) is 36.8 Å². The highest BCUT2D eigenvalue weighted by Gasteiger charge is 2.31. The summed E-state index contributed by atoms with van der Waals surface area (Å²) in [6, 6.07) is 5.23. The van der Waals surface area contributed by atoms with Crippen LogP contribution < -0.4 is 5.32 Å². The second-order valence-corrected chi connectivity index (χ2v) is 7.07. The monoisotopic (exact) mass is 326 g/mol. The molecule has 1 saturated heterocycles. The predicted molar refractivity (Wildman–Crippen MR) is 93.6 cm³/mol. The lowest BCUT2D eigenvalue weighted by molar-refractivity contribution is 0.0757. The average molecular weight is 326 g/mol. The zero-order valence-corrected chi connectivity index (χ0v) is 14.6. The van der Waals surface area contributed by atoms with E-state index >= 15 is 0 Å². The van der Waals surface area contributed by atoms with Gasteiger partial charge in [0.05, 0.1) is 17.4 Å². The fraction of sp³-hybridized carbons (Fsp3) is 0.611.